The zero-order valence-electron chi connectivity index (χ0n) is 10.6. The second-order valence-corrected chi connectivity index (χ2v) is 4.12. The molecule has 0 radical (unpaired) electrons. The highest BCUT2D eigenvalue weighted by Crippen LogP contribution is 2.16. The van der Waals surface area contributed by atoms with Gasteiger partial charge in [0.25, 0.3) is 0 Å². The average molecular weight is 254 g/mol. The smallest absolute Gasteiger partial charge is 0.176 e. The normalized spacial score (nSPS) is 10.6. The third kappa shape index (κ3) is 2.33. The molecule has 0 aliphatic heterocycles. The lowest BCUT2D eigenvalue weighted by atomic mass is 10.3. The van der Waals surface area contributed by atoms with E-state index in [2.05, 4.69) is 20.5 Å². The van der Waals surface area contributed by atoms with Crippen molar-refractivity contribution in [3.05, 3.63) is 54.7 Å². The fraction of sp³-hybridized carbons (Fsp3) is 0.154. The Kier molecular flexibility index (Phi) is 2.97. The minimum Gasteiger partial charge on any atom is -0.376 e. The molecular formula is C13H14N6. The molecule has 96 valence electrons. The summed E-state index contributed by atoms with van der Waals surface area (Å²) in [7, 11) is 1.93. The van der Waals surface area contributed by atoms with Gasteiger partial charge in [-0.2, -0.15) is 10.2 Å². The van der Waals surface area contributed by atoms with Gasteiger partial charge in [0.05, 0.1) is 17.9 Å². The lowest BCUT2D eigenvalue weighted by Gasteiger charge is -2.10. The molecule has 0 fully saturated rings. The van der Waals surface area contributed by atoms with Gasteiger partial charge in [-0.05, 0) is 24.3 Å². The maximum atomic E-state index is 4.36. The number of hydrogen-bond donors (Lipinski definition) is 1. The Bertz CT molecular complexity index is 655. The van der Waals surface area contributed by atoms with Crippen LogP contribution in [0.1, 0.15) is 5.69 Å². The number of aryl methyl sites for hydroxylation is 1. The standard InChI is InChI=1S/C13H14N6/c1-18-11(5-8-16-18)10-15-12-4-2-6-14-13(12)19-9-3-7-17-19/h2-9,15H,10H2,1H3. The van der Waals surface area contributed by atoms with E-state index in [1.807, 2.05) is 42.2 Å². The van der Waals surface area contributed by atoms with Crippen molar-refractivity contribution in [2.75, 3.05) is 5.32 Å². The molecule has 0 unspecified atom stereocenters. The molecule has 6 heteroatoms. The zero-order chi connectivity index (χ0) is 13.1. The van der Waals surface area contributed by atoms with Crippen molar-refractivity contribution in [2.45, 2.75) is 6.54 Å². The Morgan fingerprint density at radius 3 is 2.79 bits per heavy atom. The molecule has 0 atom stereocenters. The van der Waals surface area contributed by atoms with Crippen molar-refractivity contribution in [1.29, 1.82) is 0 Å². The molecule has 0 aromatic carbocycles. The molecule has 0 aliphatic rings. The first-order valence-corrected chi connectivity index (χ1v) is 6.00. The molecule has 3 aromatic heterocycles. The van der Waals surface area contributed by atoms with E-state index in [4.69, 9.17) is 0 Å². The fourth-order valence-electron chi connectivity index (χ4n) is 1.87. The molecule has 0 saturated carbocycles. The van der Waals surface area contributed by atoms with Crippen LogP contribution in [0, 0.1) is 0 Å². The average Bonchev–Trinajstić information content (AvgIpc) is 3.08. The Labute approximate surface area is 110 Å². The summed E-state index contributed by atoms with van der Waals surface area (Å²) < 4.78 is 3.59. The summed E-state index contributed by atoms with van der Waals surface area (Å²) in [5.41, 5.74) is 2.04. The van der Waals surface area contributed by atoms with Crippen molar-refractivity contribution < 1.29 is 0 Å². The molecule has 0 saturated heterocycles. The molecule has 3 heterocycles. The molecule has 0 amide bonds. The van der Waals surface area contributed by atoms with Crippen LogP contribution in [0.15, 0.2) is 49.1 Å². The van der Waals surface area contributed by atoms with Gasteiger partial charge in [-0.15, -0.1) is 0 Å². The number of rotatable bonds is 4. The number of nitrogens with one attached hydrogen (secondary N) is 1. The van der Waals surface area contributed by atoms with E-state index in [1.54, 1.807) is 23.3 Å². The Morgan fingerprint density at radius 2 is 2.05 bits per heavy atom. The summed E-state index contributed by atoms with van der Waals surface area (Å²) >= 11 is 0. The van der Waals surface area contributed by atoms with Crippen LogP contribution >= 0.6 is 0 Å². The van der Waals surface area contributed by atoms with Gasteiger partial charge in [-0.1, -0.05) is 0 Å². The second-order valence-electron chi connectivity index (χ2n) is 4.12. The monoisotopic (exact) mass is 254 g/mol. The van der Waals surface area contributed by atoms with Gasteiger partial charge in [-0.3, -0.25) is 4.68 Å². The van der Waals surface area contributed by atoms with Crippen LogP contribution in [0.4, 0.5) is 5.69 Å². The highest BCUT2D eigenvalue weighted by atomic mass is 15.3. The van der Waals surface area contributed by atoms with E-state index in [0.29, 0.717) is 6.54 Å². The van der Waals surface area contributed by atoms with E-state index >= 15 is 0 Å². The summed E-state index contributed by atoms with van der Waals surface area (Å²) in [4.78, 5) is 4.36. The number of hydrogen-bond acceptors (Lipinski definition) is 4. The van der Waals surface area contributed by atoms with Gasteiger partial charge in [0.2, 0.25) is 0 Å². The van der Waals surface area contributed by atoms with E-state index in [-0.39, 0.29) is 0 Å². The molecule has 3 rings (SSSR count). The van der Waals surface area contributed by atoms with Crippen LogP contribution < -0.4 is 5.32 Å². The van der Waals surface area contributed by atoms with E-state index in [0.717, 1.165) is 17.2 Å². The van der Waals surface area contributed by atoms with Gasteiger partial charge in [0.15, 0.2) is 5.82 Å². The lowest BCUT2D eigenvalue weighted by Crippen LogP contribution is -2.09. The molecule has 0 spiro atoms. The SMILES string of the molecule is Cn1nccc1CNc1cccnc1-n1cccn1. The van der Waals surface area contributed by atoms with Crippen LogP contribution in [0.25, 0.3) is 5.82 Å². The molecule has 6 nitrogen and oxygen atoms in total. The minimum atomic E-state index is 0.691. The van der Waals surface area contributed by atoms with Crippen LogP contribution in [0.2, 0.25) is 0 Å². The van der Waals surface area contributed by atoms with E-state index in [9.17, 15) is 0 Å². The molecule has 19 heavy (non-hydrogen) atoms. The maximum absolute atomic E-state index is 4.36. The van der Waals surface area contributed by atoms with Crippen molar-refractivity contribution >= 4 is 5.69 Å². The number of aromatic nitrogens is 5. The van der Waals surface area contributed by atoms with Gasteiger partial charge in [-0.25, -0.2) is 9.67 Å². The van der Waals surface area contributed by atoms with Gasteiger partial charge in [0.1, 0.15) is 0 Å². The van der Waals surface area contributed by atoms with Crippen LogP contribution in [-0.2, 0) is 13.6 Å². The van der Waals surface area contributed by atoms with Crippen molar-refractivity contribution in [2.24, 2.45) is 7.05 Å². The summed E-state index contributed by atoms with van der Waals surface area (Å²) in [6.45, 7) is 0.691. The van der Waals surface area contributed by atoms with Crippen LogP contribution in [0.5, 0.6) is 0 Å². The summed E-state index contributed by atoms with van der Waals surface area (Å²) in [5.74, 6) is 0.787. The highest BCUT2D eigenvalue weighted by Gasteiger charge is 2.06. The Balaban J connectivity index is 1.84. The Morgan fingerprint density at radius 1 is 1.11 bits per heavy atom. The first-order chi connectivity index (χ1) is 9.34. The molecule has 0 bridgehead atoms. The maximum Gasteiger partial charge on any atom is 0.176 e. The quantitative estimate of drug-likeness (QED) is 0.768. The third-order valence-electron chi connectivity index (χ3n) is 2.89. The predicted molar refractivity (Wildman–Crippen MR) is 71.9 cm³/mol. The molecule has 3 aromatic rings. The van der Waals surface area contributed by atoms with Crippen molar-refractivity contribution in [3.8, 4) is 5.82 Å². The number of pyridine rings is 1. The van der Waals surface area contributed by atoms with Crippen LogP contribution in [0.3, 0.4) is 0 Å². The first-order valence-electron chi connectivity index (χ1n) is 6.00. The first kappa shape index (κ1) is 11.5. The van der Waals surface area contributed by atoms with Gasteiger partial charge < -0.3 is 5.32 Å². The molecule has 1 N–H and O–H groups in total. The summed E-state index contributed by atoms with van der Waals surface area (Å²) in [6.07, 6.45) is 7.15. The summed E-state index contributed by atoms with van der Waals surface area (Å²) in [5, 5.41) is 11.7. The predicted octanol–water partition coefficient (Wildman–Crippen LogP) is 1.61. The van der Waals surface area contributed by atoms with E-state index in [1.165, 1.54) is 0 Å². The minimum absolute atomic E-state index is 0.691. The van der Waals surface area contributed by atoms with Gasteiger partial charge in [0, 0.05) is 31.8 Å². The lowest BCUT2D eigenvalue weighted by molar-refractivity contribution is 0.720. The fourth-order valence-corrected chi connectivity index (χ4v) is 1.87. The topological polar surface area (TPSA) is 60.6 Å². The van der Waals surface area contributed by atoms with Crippen molar-refractivity contribution in [1.82, 2.24) is 24.5 Å². The highest BCUT2D eigenvalue weighted by molar-refractivity contribution is 5.56. The zero-order valence-corrected chi connectivity index (χ0v) is 10.6. The van der Waals surface area contributed by atoms with Crippen LogP contribution in [-0.4, -0.2) is 24.5 Å². The molecular weight excluding hydrogens is 240 g/mol. The van der Waals surface area contributed by atoms with E-state index < -0.39 is 0 Å². The summed E-state index contributed by atoms with van der Waals surface area (Å²) in [6, 6.07) is 7.75. The van der Waals surface area contributed by atoms with Crippen molar-refractivity contribution in [3.63, 3.8) is 0 Å². The number of anilines is 1. The number of nitrogens with zero attached hydrogens (tertiary/aromatic N) is 5. The molecule has 0 aliphatic carbocycles. The third-order valence-corrected chi connectivity index (χ3v) is 2.89. The Hall–Kier alpha value is -2.63. The largest absolute Gasteiger partial charge is 0.376 e. The van der Waals surface area contributed by atoms with Gasteiger partial charge >= 0.3 is 0 Å². The second kappa shape index (κ2) is 4.93.